The zero-order valence-corrected chi connectivity index (χ0v) is 23.9. The van der Waals surface area contributed by atoms with Gasteiger partial charge in [-0.05, 0) is 57.1 Å². The third-order valence-electron chi connectivity index (χ3n) is 5.57. The van der Waals surface area contributed by atoms with Crippen LogP contribution in [0.5, 0.6) is 0 Å². The fourth-order valence-corrected chi connectivity index (χ4v) is 3.68. The Morgan fingerprint density at radius 1 is 1.14 bits per heavy atom. The first-order valence-electron chi connectivity index (χ1n) is 13.6. The van der Waals surface area contributed by atoms with E-state index in [9.17, 15) is 18.0 Å². The van der Waals surface area contributed by atoms with E-state index in [0.29, 0.717) is 37.1 Å². The second kappa shape index (κ2) is 21.9. The molecule has 1 aromatic heterocycles. The van der Waals surface area contributed by atoms with Crippen molar-refractivity contribution in [2.75, 3.05) is 19.8 Å². The first-order valence-corrected chi connectivity index (χ1v) is 13.6. The predicted octanol–water partition coefficient (Wildman–Crippen LogP) is 7.02. The van der Waals surface area contributed by atoms with E-state index in [4.69, 9.17) is 10.5 Å². The van der Waals surface area contributed by atoms with E-state index in [-0.39, 0.29) is 24.4 Å². The normalized spacial score (nSPS) is 15.8. The Labute approximate surface area is 223 Å². The standard InChI is InChI=1S/C17H24F3N3O.C5H10O.C3H8.C2H6.C2H2/c1-3-12(5-4-11(2)21)16(24)23-7-6-15-13(10-23)8-14(9-22-15)17(18,19)20;1-2-4-6-5-3-1;1-3-2;2*1-2/h8-9,11-12H,3-7,10,21H2,1-2H3;1-5H2;3H2,1-2H3;1-2H3;1-2H/t11-,12+;;;;/m0..../s1. The van der Waals surface area contributed by atoms with Gasteiger partial charge in [-0.3, -0.25) is 9.78 Å². The highest BCUT2D eigenvalue weighted by Crippen LogP contribution is 2.31. The van der Waals surface area contributed by atoms with Gasteiger partial charge in [0.15, 0.2) is 0 Å². The summed E-state index contributed by atoms with van der Waals surface area (Å²) in [5.74, 6) is -0.127. The molecule has 0 unspecified atom stereocenters. The van der Waals surface area contributed by atoms with Crippen LogP contribution >= 0.6 is 0 Å². The van der Waals surface area contributed by atoms with Crippen molar-refractivity contribution in [1.29, 1.82) is 0 Å². The Balaban J connectivity index is 0. The number of fused-ring (bicyclic) bond motifs is 1. The van der Waals surface area contributed by atoms with Gasteiger partial charge in [-0.2, -0.15) is 13.2 Å². The first-order chi connectivity index (χ1) is 17.6. The molecule has 1 saturated heterocycles. The van der Waals surface area contributed by atoms with Gasteiger partial charge in [0.1, 0.15) is 0 Å². The number of nitrogens with zero attached hydrogens (tertiary/aromatic N) is 2. The van der Waals surface area contributed by atoms with Gasteiger partial charge in [0.2, 0.25) is 5.91 Å². The summed E-state index contributed by atoms with van der Waals surface area (Å²) >= 11 is 0. The van der Waals surface area contributed by atoms with Crippen molar-refractivity contribution >= 4 is 5.91 Å². The van der Waals surface area contributed by atoms with Crippen molar-refractivity contribution in [2.24, 2.45) is 11.7 Å². The van der Waals surface area contributed by atoms with Gasteiger partial charge in [0.05, 0.1) is 5.56 Å². The average molecular weight is 530 g/mol. The molecule has 2 aliphatic rings. The van der Waals surface area contributed by atoms with Crippen LogP contribution in [0.15, 0.2) is 12.3 Å². The molecule has 0 bridgehead atoms. The van der Waals surface area contributed by atoms with Crippen LogP contribution < -0.4 is 5.73 Å². The number of terminal acetylenes is 1. The molecule has 214 valence electrons. The number of halogens is 3. The summed E-state index contributed by atoms with van der Waals surface area (Å²) in [5.41, 5.74) is 6.13. The third-order valence-corrected chi connectivity index (χ3v) is 5.57. The van der Waals surface area contributed by atoms with Gasteiger partial charge in [0.25, 0.3) is 0 Å². The van der Waals surface area contributed by atoms with Crippen LogP contribution in [0.25, 0.3) is 0 Å². The number of hydrogen-bond donors (Lipinski definition) is 1. The van der Waals surface area contributed by atoms with Crippen LogP contribution in [0, 0.1) is 18.8 Å². The Bertz CT molecular complexity index is 721. The minimum atomic E-state index is -4.42. The number of rotatable bonds is 5. The zero-order chi connectivity index (χ0) is 28.9. The van der Waals surface area contributed by atoms with E-state index in [1.54, 1.807) is 4.90 Å². The van der Waals surface area contributed by atoms with Crippen molar-refractivity contribution in [3.63, 3.8) is 0 Å². The SMILES string of the molecule is C#C.C1CCOCC1.CC.CCC.CC[C@H](CC[C@H](C)N)C(=O)N1CCc2ncc(C(F)(F)F)cc2C1. The van der Waals surface area contributed by atoms with Crippen LogP contribution in [-0.2, 0) is 28.7 Å². The predicted molar refractivity (Wildman–Crippen MR) is 147 cm³/mol. The number of amides is 1. The van der Waals surface area contributed by atoms with Crippen molar-refractivity contribution in [2.45, 2.75) is 112 Å². The second-order valence-electron chi connectivity index (χ2n) is 8.88. The van der Waals surface area contributed by atoms with E-state index >= 15 is 0 Å². The summed E-state index contributed by atoms with van der Waals surface area (Å²) in [6.07, 6.45) is 12.3. The molecule has 0 saturated carbocycles. The van der Waals surface area contributed by atoms with Gasteiger partial charge in [-0.1, -0.05) is 41.0 Å². The lowest BCUT2D eigenvalue weighted by atomic mass is 9.95. The Morgan fingerprint density at radius 2 is 1.70 bits per heavy atom. The van der Waals surface area contributed by atoms with Gasteiger partial charge >= 0.3 is 6.18 Å². The van der Waals surface area contributed by atoms with Crippen molar-refractivity contribution < 1.29 is 22.7 Å². The molecular weight excluding hydrogens is 479 g/mol. The summed E-state index contributed by atoms with van der Waals surface area (Å²) in [6.45, 7) is 14.8. The summed E-state index contributed by atoms with van der Waals surface area (Å²) in [7, 11) is 0. The molecule has 0 spiro atoms. The van der Waals surface area contributed by atoms with E-state index in [0.717, 1.165) is 31.9 Å². The number of carbonyl (C=O) groups excluding carboxylic acids is 1. The molecule has 37 heavy (non-hydrogen) atoms. The van der Waals surface area contributed by atoms with Crippen molar-refractivity contribution in [3.8, 4) is 12.8 Å². The average Bonchev–Trinajstić information content (AvgIpc) is 2.91. The Kier molecular flexibility index (Phi) is 22.0. The highest BCUT2D eigenvalue weighted by molar-refractivity contribution is 5.79. The smallest absolute Gasteiger partial charge is 0.381 e. The minimum Gasteiger partial charge on any atom is -0.381 e. The molecule has 2 N–H and O–H groups in total. The minimum absolute atomic E-state index is 0.00112. The van der Waals surface area contributed by atoms with Gasteiger partial charge in [-0.15, -0.1) is 12.8 Å². The number of pyridine rings is 1. The van der Waals surface area contributed by atoms with Crippen molar-refractivity contribution in [1.82, 2.24) is 9.88 Å². The fraction of sp³-hybridized carbons (Fsp3) is 0.724. The molecule has 3 rings (SSSR count). The zero-order valence-electron chi connectivity index (χ0n) is 23.9. The van der Waals surface area contributed by atoms with Crippen LogP contribution in [-0.4, -0.2) is 41.6 Å². The molecule has 1 amide bonds. The van der Waals surface area contributed by atoms with Crippen LogP contribution in [0.4, 0.5) is 13.2 Å². The largest absolute Gasteiger partial charge is 0.417 e. The van der Waals surface area contributed by atoms with Crippen LogP contribution in [0.3, 0.4) is 0 Å². The molecule has 2 aliphatic heterocycles. The lowest BCUT2D eigenvalue weighted by Gasteiger charge is -2.31. The maximum Gasteiger partial charge on any atom is 0.417 e. The van der Waals surface area contributed by atoms with E-state index in [2.05, 4.69) is 31.7 Å². The summed E-state index contributed by atoms with van der Waals surface area (Å²) in [6, 6.07) is 1.15. The Morgan fingerprint density at radius 3 is 2.11 bits per heavy atom. The number of aromatic nitrogens is 1. The molecule has 0 aliphatic carbocycles. The first kappa shape index (κ1) is 37.0. The molecular formula is C29H50F3N3O2. The molecule has 1 aromatic rings. The summed E-state index contributed by atoms with van der Waals surface area (Å²) in [5, 5.41) is 0. The third kappa shape index (κ3) is 15.7. The topological polar surface area (TPSA) is 68.5 Å². The van der Waals surface area contributed by atoms with Crippen LogP contribution in [0.1, 0.15) is 103 Å². The Hall–Kier alpha value is -2.11. The highest BCUT2D eigenvalue weighted by Gasteiger charge is 2.33. The number of nitrogens with two attached hydrogens (primary N) is 1. The van der Waals surface area contributed by atoms with Crippen LogP contribution in [0.2, 0.25) is 0 Å². The molecule has 1 fully saturated rings. The molecule has 0 aromatic carbocycles. The fourth-order valence-electron chi connectivity index (χ4n) is 3.68. The maximum atomic E-state index is 12.8. The number of carbonyl (C=O) groups is 1. The van der Waals surface area contributed by atoms with Gasteiger partial charge < -0.3 is 15.4 Å². The number of ether oxygens (including phenoxy) is 1. The maximum absolute atomic E-state index is 12.8. The number of alkyl halides is 3. The molecule has 5 nitrogen and oxygen atoms in total. The highest BCUT2D eigenvalue weighted by atomic mass is 19.4. The van der Waals surface area contributed by atoms with E-state index < -0.39 is 11.7 Å². The quantitative estimate of drug-likeness (QED) is 0.416. The van der Waals surface area contributed by atoms with Crippen molar-refractivity contribution in [3.05, 3.63) is 29.1 Å². The van der Waals surface area contributed by atoms with E-state index in [1.165, 1.54) is 25.7 Å². The van der Waals surface area contributed by atoms with E-state index in [1.807, 2.05) is 27.7 Å². The van der Waals surface area contributed by atoms with Gasteiger partial charge in [-0.25, -0.2) is 0 Å². The summed E-state index contributed by atoms with van der Waals surface area (Å²) < 4.78 is 43.6. The lowest BCUT2D eigenvalue weighted by Crippen LogP contribution is -2.40. The molecule has 0 radical (unpaired) electrons. The number of hydrogen-bond acceptors (Lipinski definition) is 4. The van der Waals surface area contributed by atoms with Gasteiger partial charge in [0, 0.05) is 56.6 Å². The molecule has 2 atom stereocenters. The lowest BCUT2D eigenvalue weighted by molar-refractivity contribution is -0.138. The molecule has 8 heteroatoms. The second-order valence-corrected chi connectivity index (χ2v) is 8.88. The molecule has 3 heterocycles. The summed E-state index contributed by atoms with van der Waals surface area (Å²) in [4.78, 5) is 18.3. The monoisotopic (exact) mass is 529 g/mol.